The van der Waals surface area contributed by atoms with Crippen LogP contribution in [0, 0.1) is 25.2 Å². The van der Waals surface area contributed by atoms with Crippen LogP contribution in [0.4, 0.5) is 5.69 Å². The second-order valence-corrected chi connectivity index (χ2v) is 8.50. The fourth-order valence-electron chi connectivity index (χ4n) is 3.84. The molecule has 1 saturated heterocycles. The number of allylic oxidation sites excluding steroid dienone is 1. The van der Waals surface area contributed by atoms with Gasteiger partial charge in [0.2, 0.25) is 5.91 Å². The van der Waals surface area contributed by atoms with Crippen LogP contribution in [0.1, 0.15) is 29.0 Å². The van der Waals surface area contributed by atoms with E-state index in [0.717, 1.165) is 16.3 Å². The lowest BCUT2D eigenvalue weighted by Gasteiger charge is -2.42. The number of phenolic OH excluding ortho intramolecular Hbond substituents is 1. The Labute approximate surface area is 180 Å². The van der Waals surface area contributed by atoms with E-state index in [9.17, 15) is 15.2 Å². The lowest BCUT2D eigenvalue weighted by molar-refractivity contribution is -0.129. The summed E-state index contributed by atoms with van der Waals surface area (Å²) < 4.78 is 5.20. The van der Waals surface area contributed by atoms with Gasteiger partial charge in [-0.05, 0) is 54.8 Å². The number of thioether (sulfide) groups is 1. The Kier molecular flexibility index (Phi) is 5.35. The molecule has 0 unspecified atom stereocenters. The number of rotatable bonds is 3. The fourth-order valence-corrected chi connectivity index (χ4v) is 5.01. The zero-order chi connectivity index (χ0) is 21.4. The molecule has 0 radical (unpaired) electrons. The highest BCUT2D eigenvalue weighted by Crippen LogP contribution is 2.44. The number of amides is 1. The van der Waals surface area contributed by atoms with Gasteiger partial charge in [-0.1, -0.05) is 23.9 Å². The molecule has 1 fully saturated rings. The summed E-state index contributed by atoms with van der Waals surface area (Å²) in [6, 6.07) is 13.6. The summed E-state index contributed by atoms with van der Waals surface area (Å²) in [4.78, 5) is 16.9. The van der Waals surface area contributed by atoms with Crippen LogP contribution in [0.3, 0.4) is 0 Å². The van der Waals surface area contributed by atoms with E-state index in [1.807, 2.05) is 0 Å². The number of nitrogens with zero attached hydrogens (tertiary/aromatic N) is 3. The molecule has 30 heavy (non-hydrogen) atoms. The van der Waals surface area contributed by atoms with Crippen molar-refractivity contribution in [2.45, 2.75) is 26.2 Å². The predicted molar refractivity (Wildman–Crippen MR) is 117 cm³/mol. The van der Waals surface area contributed by atoms with Gasteiger partial charge in [-0.15, -0.1) is 0 Å². The van der Waals surface area contributed by atoms with Crippen molar-refractivity contribution in [3.05, 3.63) is 63.7 Å². The van der Waals surface area contributed by atoms with Crippen LogP contribution in [0.2, 0.25) is 0 Å². The van der Waals surface area contributed by atoms with E-state index in [2.05, 4.69) is 43.0 Å². The molecule has 0 spiro atoms. The van der Waals surface area contributed by atoms with E-state index in [-0.39, 0.29) is 24.0 Å². The van der Waals surface area contributed by atoms with Crippen LogP contribution in [0.15, 0.2) is 47.0 Å². The summed E-state index contributed by atoms with van der Waals surface area (Å²) in [7, 11) is 1.48. The molecule has 1 amide bonds. The molecule has 154 valence electrons. The summed E-state index contributed by atoms with van der Waals surface area (Å²) in [5.41, 5.74) is 4.90. The quantitative estimate of drug-likeness (QED) is 0.799. The van der Waals surface area contributed by atoms with Crippen molar-refractivity contribution in [2.24, 2.45) is 0 Å². The average Bonchev–Trinajstić information content (AvgIpc) is 2.75. The molecule has 6 nitrogen and oxygen atoms in total. The minimum absolute atomic E-state index is 0.0120. The second-order valence-electron chi connectivity index (χ2n) is 7.56. The smallest absolute Gasteiger partial charge is 0.229 e. The summed E-state index contributed by atoms with van der Waals surface area (Å²) in [5, 5.41) is 20.5. The predicted octanol–water partition coefficient (Wildman–Crippen LogP) is 4.24. The Hall–Kier alpha value is -3.11. The minimum atomic E-state index is -0.344. The van der Waals surface area contributed by atoms with Gasteiger partial charge in [-0.25, -0.2) is 0 Å². The summed E-state index contributed by atoms with van der Waals surface area (Å²) >= 11 is 1.52. The number of hydrogen-bond acceptors (Lipinski definition) is 6. The van der Waals surface area contributed by atoms with E-state index in [4.69, 9.17) is 4.74 Å². The van der Waals surface area contributed by atoms with Gasteiger partial charge < -0.3 is 14.7 Å². The van der Waals surface area contributed by atoms with Crippen LogP contribution >= 0.6 is 11.8 Å². The van der Waals surface area contributed by atoms with Crippen molar-refractivity contribution >= 4 is 23.4 Å². The van der Waals surface area contributed by atoms with Crippen LogP contribution in [0.25, 0.3) is 0 Å². The lowest BCUT2D eigenvalue weighted by Crippen LogP contribution is -2.47. The van der Waals surface area contributed by atoms with Gasteiger partial charge in [0, 0.05) is 18.0 Å². The highest BCUT2D eigenvalue weighted by Gasteiger charge is 2.38. The maximum Gasteiger partial charge on any atom is 0.229 e. The number of carbonyl (C=O) groups is 1. The number of aromatic hydroxyl groups is 1. The van der Waals surface area contributed by atoms with Crippen molar-refractivity contribution in [1.82, 2.24) is 4.90 Å². The molecule has 4 rings (SSSR count). The molecule has 2 aliphatic heterocycles. The first-order chi connectivity index (χ1) is 14.4. The van der Waals surface area contributed by atoms with Crippen LogP contribution in [0.5, 0.6) is 11.5 Å². The summed E-state index contributed by atoms with van der Waals surface area (Å²) in [5.74, 6) is 0.679. The van der Waals surface area contributed by atoms with E-state index in [1.165, 1.54) is 30.0 Å². The average molecular weight is 422 g/mol. The standard InChI is InChI=1S/C23H23N3O3S/c1-14-4-6-17(8-15(14)2)25-12-26-22(28)10-18(19(11-24)23(26)30-13-25)16-5-7-20(27)21(9-16)29-3/h4-9,18,27H,10,12-13H2,1-3H3/t18-/m1/s1. The Morgan fingerprint density at radius 3 is 2.70 bits per heavy atom. The molecule has 0 aliphatic carbocycles. The second kappa shape index (κ2) is 7.96. The zero-order valence-electron chi connectivity index (χ0n) is 17.2. The molecule has 2 aromatic carbocycles. The number of carbonyl (C=O) groups excluding carboxylic acids is 1. The molecule has 1 N–H and O–H groups in total. The number of phenols is 1. The molecule has 1 atom stereocenters. The zero-order valence-corrected chi connectivity index (χ0v) is 18.0. The van der Waals surface area contributed by atoms with Crippen LogP contribution in [-0.4, -0.2) is 35.6 Å². The van der Waals surface area contributed by atoms with Gasteiger partial charge >= 0.3 is 0 Å². The molecule has 2 aliphatic rings. The SMILES string of the molecule is COc1cc([C@H]2CC(=O)N3CN(c4ccc(C)c(C)c4)CSC3=C2C#N)ccc1O. The number of methoxy groups -OCH3 is 1. The third-order valence-corrected chi connectivity index (χ3v) is 6.91. The monoisotopic (exact) mass is 421 g/mol. The fraction of sp³-hybridized carbons (Fsp3) is 0.304. The third kappa shape index (κ3) is 3.48. The number of benzene rings is 2. The number of fused-ring (bicyclic) bond motifs is 1. The molecular weight excluding hydrogens is 398 g/mol. The molecule has 7 heteroatoms. The van der Waals surface area contributed by atoms with Crippen molar-refractivity contribution in [3.63, 3.8) is 0 Å². The lowest BCUT2D eigenvalue weighted by atomic mass is 9.86. The Bertz CT molecular complexity index is 1090. The van der Waals surface area contributed by atoms with Crippen molar-refractivity contribution in [3.8, 4) is 17.6 Å². The van der Waals surface area contributed by atoms with Crippen molar-refractivity contribution in [1.29, 1.82) is 5.26 Å². The van der Waals surface area contributed by atoms with Crippen molar-refractivity contribution < 1.29 is 14.6 Å². The van der Waals surface area contributed by atoms with E-state index < -0.39 is 0 Å². The minimum Gasteiger partial charge on any atom is -0.504 e. The molecule has 2 aromatic rings. The number of aryl methyl sites for hydroxylation is 2. The van der Waals surface area contributed by atoms with Crippen LogP contribution in [-0.2, 0) is 4.79 Å². The normalized spacial score (nSPS) is 18.9. The first-order valence-corrected chi connectivity index (χ1v) is 10.7. The number of nitriles is 1. The van der Waals surface area contributed by atoms with Gasteiger partial charge in [0.1, 0.15) is 0 Å². The number of ether oxygens (including phenoxy) is 1. The molecule has 0 saturated carbocycles. The maximum absolute atomic E-state index is 13.1. The van der Waals surface area contributed by atoms with Gasteiger partial charge in [0.15, 0.2) is 11.5 Å². The Balaban J connectivity index is 1.67. The van der Waals surface area contributed by atoms with E-state index in [1.54, 1.807) is 23.1 Å². The van der Waals surface area contributed by atoms with Gasteiger partial charge in [-0.2, -0.15) is 5.26 Å². The largest absolute Gasteiger partial charge is 0.504 e. The van der Waals surface area contributed by atoms with E-state index in [0.29, 0.717) is 23.9 Å². The third-order valence-electron chi connectivity index (χ3n) is 5.76. The first-order valence-electron chi connectivity index (χ1n) is 9.69. The highest BCUT2D eigenvalue weighted by molar-refractivity contribution is 8.03. The van der Waals surface area contributed by atoms with Gasteiger partial charge in [0.05, 0.1) is 36.3 Å². The molecule has 0 bridgehead atoms. The Morgan fingerprint density at radius 1 is 1.20 bits per heavy atom. The topological polar surface area (TPSA) is 76.8 Å². The van der Waals surface area contributed by atoms with E-state index >= 15 is 0 Å². The van der Waals surface area contributed by atoms with Crippen LogP contribution < -0.4 is 9.64 Å². The number of hydrogen-bond donors (Lipinski definition) is 1. The summed E-state index contributed by atoms with van der Waals surface area (Å²) in [6.07, 6.45) is 0.210. The molecule has 2 heterocycles. The maximum atomic E-state index is 13.1. The molecular formula is C23H23N3O3S. The molecule has 0 aromatic heterocycles. The summed E-state index contributed by atoms with van der Waals surface area (Å²) in [6.45, 7) is 4.59. The van der Waals surface area contributed by atoms with Crippen molar-refractivity contribution in [2.75, 3.05) is 24.6 Å². The first kappa shape index (κ1) is 20.2. The van der Waals surface area contributed by atoms with Gasteiger partial charge in [0.25, 0.3) is 0 Å². The highest BCUT2D eigenvalue weighted by atomic mass is 32.2. The van der Waals surface area contributed by atoms with Gasteiger partial charge in [-0.3, -0.25) is 9.69 Å². The number of anilines is 1. The Morgan fingerprint density at radius 2 is 2.00 bits per heavy atom.